The summed E-state index contributed by atoms with van der Waals surface area (Å²) in [7, 11) is 1.43. The highest BCUT2D eigenvalue weighted by atomic mass is 19.4. The van der Waals surface area contributed by atoms with Gasteiger partial charge in [-0.05, 0) is 6.92 Å². The van der Waals surface area contributed by atoms with E-state index in [1.165, 1.54) is 7.11 Å². The number of carbonyl (C=O) groups is 2. The molecule has 0 heterocycles. The minimum Gasteiger partial charge on any atom is -0.383 e. The van der Waals surface area contributed by atoms with Crippen LogP contribution in [0.4, 0.5) is 13.2 Å². The van der Waals surface area contributed by atoms with E-state index in [2.05, 4.69) is 10.1 Å². The number of hydrogen-bond acceptors (Lipinski definition) is 4. The van der Waals surface area contributed by atoms with Gasteiger partial charge in [-0.25, -0.2) is 0 Å². The Bertz CT molecular complexity index is 305. The van der Waals surface area contributed by atoms with Gasteiger partial charge < -0.3 is 21.1 Å². The molecule has 0 aromatic rings. The summed E-state index contributed by atoms with van der Waals surface area (Å²) in [5.41, 5.74) is 1.83. The lowest BCUT2D eigenvalue weighted by Gasteiger charge is -2.25. The SMILES string of the molecule is COCCNC(=O)CNC(=O)C(C)(N)C(F)(F)F. The number of hydrogen-bond donors (Lipinski definition) is 3. The Morgan fingerprint density at radius 1 is 1.28 bits per heavy atom. The molecule has 106 valence electrons. The summed E-state index contributed by atoms with van der Waals surface area (Å²) in [4.78, 5) is 22.3. The van der Waals surface area contributed by atoms with E-state index in [4.69, 9.17) is 5.73 Å². The van der Waals surface area contributed by atoms with Gasteiger partial charge in [-0.3, -0.25) is 9.59 Å². The molecule has 0 aliphatic heterocycles. The van der Waals surface area contributed by atoms with E-state index in [9.17, 15) is 22.8 Å². The number of alkyl halides is 3. The predicted molar refractivity (Wildman–Crippen MR) is 56.5 cm³/mol. The second-order valence-electron chi connectivity index (χ2n) is 3.73. The normalized spacial score (nSPS) is 14.8. The molecule has 0 saturated heterocycles. The summed E-state index contributed by atoms with van der Waals surface area (Å²) in [6.45, 7) is 0.414. The fourth-order valence-corrected chi connectivity index (χ4v) is 0.828. The van der Waals surface area contributed by atoms with E-state index in [1.54, 1.807) is 0 Å². The molecule has 9 heteroatoms. The van der Waals surface area contributed by atoms with Crippen LogP contribution in [-0.2, 0) is 14.3 Å². The van der Waals surface area contributed by atoms with E-state index >= 15 is 0 Å². The Balaban J connectivity index is 4.15. The van der Waals surface area contributed by atoms with Crippen molar-refractivity contribution >= 4 is 11.8 Å². The van der Waals surface area contributed by atoms with Gasteiger partial charge >= 0.3 is 6.18 Å². The van der Waals surface area contributed by atoms with Crippen LogP contribution in [0.25, 0.3) is 0 Å². The molecule has 0 fully saturated rings. The molecule has 6 nitrogen and oxygen atoms in total. The number of ether oxygens (including phenoxy) is 1. The van der Waals surface area contributed by atoms with Crippen LogP contribution in [0.5, 0.6) is 0 Å². The molecule has 0 rings (SSSR count). The quantitative estimate of drug-likeness (QED) is 0.548. The monoisotopic (exact) mass is 271 g/mol. The summed E-state index contributed by atoms with van der Waals surface area (Å²) < 4.78 is 41.7. The maximum absolute atomic E-state index is 12.4. The number of nitrogens with one attached hydrogen (secondary N) is 2. The second kappa shape index (κ2) is 6.55. The van der Waals surface area contributed by atoms with Crippen LogP contribution in [0, 0.1) is 0 Å². The van der Waals surface area contributed by atoms with Gasteiger partial charge in [0.15, 0.2) is 5.54 Å². The van der Waals surface area contributed by atoms with Gasteiger partial charge in [0.05, 0.1) is 13.2 Å². The summed E-state index contributed by atoms with van der Waals surface area (Å²) in [6.07, 6.45) is -4.89. The van der Waals surface area contributed by atoms with E-state index in [1.807, 2.05) is 5.32 Å². The van der Waals surface area contributed by atoms with Crippen molar-refractivity contribution in [1.82, 2.24) is 10.6 Å². The third kappa shape index (κ3) is 4.88. The number of carbonyl (C=O) groups excluding carboxylic acids is 2. The number of methoxy groups -OCH3 is 1. The predicted octanol–water partition coefficient (Wildman–Crippen LogP) is -0.855. The summed E-state index contributed by atoms with van der Waals surface area (Å²) in [6, 6.07) is 0. The molecular weight excluding hydrogens is 255 g/mol. The fraction of sp³-hybridized carbons (Fsp3) is 0.778. The zero-order valence-corrected chi connectivity index (χ0v) is 10.1. The molecule has 0 spiro atoms. The lowest BCUT2D eigenvalue weighted by molar-refractivity contribution is -0.187. The molecule has 18 heavy (non-hydrogen) atoms. The molecule has 0 aliphatic rings. The van der Waals surface area contributed by atoms with Crippen LogP contribution < -0.4 is 16.4 Å². The van der Waals surface area contributed by atoms with E-state index in [0.717, 1.165) is 0 Å². The largest absolute Gasteiger partial charge is 0.415 e. The fourth-order valence-electron chi connectivity index (χ4n) is 0.828. The number of nitrogens with two attached hydrogens (primary N) is 1. The lowest BCUT2D eigenvalue weighted by atomic mass is 10.0. The second-order valence-corrected chi connectivity index (χ2v) is 3.73. The smallest absolute Gasteiger partial charge is 0.383 e. The van der Waals surface area contributed by atoms with Gasteiger partial charge in [0.1, 0.15) is 0 Å². The third-order valence-electron chi connectivity index (χ3n) is 2.10. The molecule has 0 aromatic carbocycles. The molecule has 1 unspecified atom stereocenters. The minimum atomic E-state index is -4.89. The van der Waals surface area contributed by atoms with Crippen molar-refractivity contribution in [1.29, 1.82) is 0 Å². The van der Waals surface area contributed by atoms with Crippen LogP contribution in [-0.4, -0.2) is 50.3 Å². The molecular formula is C9H16F3N3O3. The first-order chi connectivity index (χ1) is 8.13. The molecule has 0 radical (unpaired) electrons. The van der Waals surface area contributed by atoms with Crippen LogP contribution in [0.15, 0.2) is 0 Å². The van der Waals surface area contributed by atoms with Crippen LogP contribution in [0.1, 0.15) is 6.92 Å². The average molecular weight is 271 g/mol. The van der Waals surface area contributed by atoms with Crippen molar-refractivity contribution in [3.63, 3.8) is 0 Å². The van der Waals surface area contributed by atoms with Crippen molar-refractivity contribution in [2.24, 2.45) is 5.73 Å². The molecule has 0 saturated carbocycles. The van der Waals surface area contributed by atoms with Crippen molar-refractivity contribution in [2.75, 3.05) is 26.8 Å². The van der Waals surface area contributed by atoms with Gasteiger partial charge in [0.25, 0.3) is 0 Å². The van der Waals surface area contributed by atoms with Gasteiger partial charge in [0, 0.05) is 13.7 Å². The molecule has 0 aliphatic carbocycles. The summed E-state index contributed by atoms with van der Waals surface area (Å²) >= 11 is 0. The Hall–Kier alpha value is -1.35. The van der Waals surface area contributed by atoms with Crippen LogP contribution in [0.2, 0.25) is 0 Å². The van der Waals surface area contributed by atoms with E-state index in [0.29, 0.717) is 6.92 Å². The molecule has 1 atom stereocenters. The number of halogens is 3. The van der Waals surface area contributed by atoms with Crippen molar-refractivity contribution in [3.05, 3.63) is 0 Å². The Morgan fingerprint density at radius 3 is 2.28 bits per heavy atom. The maximum atomic E-state index is 12.4. The van der Waals surface area contributed by atoms with Gasteiger partial charge in [-0.15, -0.1) is 0 Å². The van der Waals surface area contributed by atoms with Crippen molar-refractivity contribution in [2.45, 2.75) is 18.6 Å². The van der Waals surface area contributed by atoms with Crippen molar-refractivity contribution in [3.8, 4) is 0 Å². The Labute approximate surface area is 102 Å². The van der Waals surface area contributed by atoms with Gasteiger partial charge in [-0.2, -0.15) is 13.2 Å². The highest BCUT2D eigenvalue weighted by molar-refractivity contribution is 5.90. The first-order valence-corrected chi connectivity index (χ1v) is 5.02. The topological polar surface area (TPSA) is 93.5 Å². The van der Waals surface area contributed by atoms with E-state index in [-0.39, 0.29) is 13.2 Å². The van der Waals surface area contributed by atoms with Gasteiger partial charge in [-0.1, -0.05) is 0 Å². The summed E-state index contributed by atoms with van der Waals surface area (Å²) in [5.74, 6) is -2.09. The zero-order chi connectivity index (χ0) is 14.4. The standard InChI is InChI=1S/C9H16F3N3O3/c1-8(13,9(10,11)12)7(17)15-5-6(16)14-3-4-18-2/h3-5,13H2,1-2H3,(H,14,16)(H,15,17). The van der Waals surface area contributed by atoms with Crippen LogP contribution >= 0.6 is 0 Å². The van der Waals surface area contributed by atoms with Gasteiger partial charge in [0.2, 0.25) is 11.8 Å². The number of rotatable bonds is 6. The third-order valence-corrected chi connectivity index (χ3v) is 2.10. The highest BCUT2D eigenvalue weighted by Gasteiger charge is 2.53. The molecule has 2 amide bonds. The molecule has 0 aromatic heterocycles. The zero-order valence-electron chi connectivity index (χ0n) is 10.1. The van der Waals surface area contributed by atoms with Crippen LogP contribution in [0.3, 0.4) is 0 Å². The first-order valence-electron chi connectivity index (χ1n) is 5.02. The lowest BCUT2D eigenvalue weighted by Crippen LogP contribution is -2.62. The average Bonchev–Trinajstić information content (AvgIpc) is 2.24. The molecule has 4 N–H and O–H groups in total. The Kier molecular flexibility index (Phi) is 6.06. The minimum absolute atomic E-state index is 0.199. The highest BCUT2D eigenvalue weighted by Crippen LogP contribution is 2.27. The van der Waals surface area contributed by atoms with E-state index < -0.39 is 30.1 Å². The first kappa shape index (κ1) is 16.6. The number of amides is 2. The molecule has 0 bridgehead atoms. The maximum Gasteiger partial charge on any atom is 0.415 e. The Morgan fingerprint density at radius 2 is 1.83 bits per heavy atom. The van der Waals surface area contributed by atoms with Crippen molar-refractivity contribution < 1.29 is 27.5 Å². The summed E-state index contributed by atoms with van der Waals surface area (Å²) in [5, 5.41) is 4.15.